The summed E-state index contributed by atoms with van der Waals surface area (Å²) >= 11 is 0. The molecule has 184 valence electrons. The zero-order valence-electron chi connectivity index (χ0n) is 17.9. The Bertz CT molecular complexity index is 1010. The minimum atomic E-state index is -5.07. The van der Waals surface area contributed by atoms with Gasteiger partial charge >= 0.3 is 12.4 Å². The predicted molar refractivity (Wildman–Crippen MR) is 111 cm³/mol. The van der Waals surface area contributed by atoms with Crippen LogP contribution in [-0.2, 0) is 23.6 Å². The minimum absolute atomic E-state index is 0.000420. The van der Waals surface area contributed by atoms with E-state index in [9.17, 15) is 35.9 Å². The lowest BCUT2D eigenvalue weighted by Crippen LogP contribution is -2.53. The summed E-state index contributed by atoms with van der Waals surface area (Å²) in [6.45, 7) is -0.000420. The van der Waals surface area contributed by atoms with Gasteiger partial charge in [0, 0.05) is 18.2 Å². The lowest BCUT2D eigenvalue weighted by atomic mass is 9.82. The van der Waals surface area contributed by atoms with E-state index in [1.54, 1.807) is 30.3 Å². The maximum absolute atomic E-state index is 13.3. The number of carbonyl (C=O) groups is 2. The number of likely N-dealkylation sites (tertiary alicyclic amines) is 1. The van der Waals surface area contributed by atoms with Gasteiger partial charge in [0.05, 0.1) is 17.2 Å². The minimum Gasteiger partial charge on any atom is -0.368 e. The molecule has 0 radical (unpaired) electrons. The predicted octanol–water partition coefficient (Wildman–Crippen LogP) is 4.00. The van der Waals surface area contributed by atoms with Crippen LogP contribution in [0.3, 0.4) is 0 Å². The molecule has 3 rings (SSSR count). The number of rotatable bonds is 5. The van der Waals surface area contributed by atoms with Gasteiger partial charge in [0.15, 0.2) is 0 Å². The molecule has 1 aliphatic rings. The van der Waals surface area contributed by atoms with E-state index in [0.29, 0.717) is 12.1 Å². The smallest absolute Gasteiger partial charge is 0.368 e. The summed E-state index contributed by atoms with van der Waals surface area (Å²) in [6, 6.07) is 8.12. The Balaban J connectivity index is 1.98. The number of hydrogen-bond donors (Lipinski definition) is 2. The van der Waals surface area contributed by atoms with E-state index in [1.165, 1.54) is 4.90 Å². The van der Waals surface area contributed by atoms with Gasteiger partial charge in [-0.3, -0.25) is 9.59 Å². The SMILES string of the molecule is NC(=O)C(N)C1CCN(C(=O)c2cc(C(F)(F)F)cc(C(F)(F)F)c2)C(Cc2ccccc2)C1. The van der Waals surface area contributed by atoms with E-state index >= 15 is 0 Å². The summed E-state index contributed by atoms with van der Waals surface area (Å²) in [5.74, 6) is -2.07. The molecule has 0 aliphatic carbocycles. The highest BCUT2D eigenvalue weighted by Gasteiger charge is 2.40. The number of hydrogen-bond acceptors (Lipinski definition) is 3. The molecule has 2 aromatic carbocycles. The Kier molecular flexibility index (Phi) is 7.25. The number of nitrogens with zero attached hydrogens (tertiary/aromatic N) is 1. The van der Waals surface area contributed by atoms with Crippen LogP contribution in [-0.4, -0.2) is 35.3 Å². The third kappa shape index (κ3) is 5.88. The van der Waals surface area contributed by atoms with Crippen molar-refractivity contribution in [2.75, 3.05) is 6.54 Å². The second kappa shape index (κ2) is 9.65. The van der Waals surface area contributed by atoms with Gasteiger partial charge in [-0.25, -0.2) is 0 Å². The van der Waals surface area contributed by atoms with E-state index in [0.717, 1.165) is 5.56 Å². The Morgan fingerprint density at radius 3 is 2.03 bits per heavy atom. The Labute approximate surface area is 191 Å². The van der Waals surface area contributed by atoms with Crippen LogP contribution in [0.15, 0.2) is 48.5 Å². The van der Waals surface area contributed by atoms with Crippen molar-refractivity contribution in [2.24, 2.45) is 17.4 Å². The van der Waals surface area contributed by atoms with Crippen molar-refractivity contribution in [3.63, 3.8) is 0 Å². The fourth-order valence-corrected chi connectivity index (χ4v) is 4.23. The summed E-state index contributed by atoms with van der Waals surface area (Å²) in [4.78, 5) is 26.1. The first-order valence-corrected chi connectivity index (χ1v) is 10.5. The van der Waals surface area contributed by atoms with Gasteiger partial charge in [-0.05, 0) is 48.9 Å². The average Bonchev–Trinajstić information content (AvgIpc) is 2.77. The zero-order valence-corrected chi connectivity index (χ0v) is 17.9. The maximum atomic E-state index is 13.3. The van der Waals surface area contributed by atoms with Gasteiger partial charge in [-0.15, -0.1) is 0 Å². The number of alkyl halides is 6. The van der Waals surface area contributed by atoms with Crippen molar-refractivity contribution in [2.45, 2.75) is 43.7 Å². The third-order valence-electron chi connectivity index (χ3n) is 6.00. The fourth-order valence-electron chi connectivity index (χ4n) is 4.23. The molecular formula is C23H23F6N3O2. The largest absolute Gasteiger partial charge is 0.416 e. The topological polar surface area (TPSA) is 89.4 Å². The Hall–Kier alpha value is -3.08. The number of halogens is 6. The maximum Gasteiger partial charge on any atom is 0.416 e. The summed E-state index contributed by atoms with van der Waals surface area (Å²) in [5.41, 5.74) is 8.17. The Morgan fingerprint density at radius 1 is 0.971 bits per heavy atom. The van der Waals surface area contributed by atoms with Crippen LogP contribution in [0.4, 0.5) is 26.3 Å². The second-order valence-electron chi connectivity index (χ2n) is 8.35. The van der Waals surface area contributed by atoms with Crippen LogP contribution < -0.4 is 11.5 Å². The second-order valence-corrected chi connectivity index (χ2v) is 8.35. The number of amides is 2. The third-order valence-corrected chi connectivity index (χ3v) is 6.00. The van der Waals surface area contributed by atoms with E-state index in [1.807, 2.05) is 0 Å². The molecule has 2 aromatic rings. The fraction of sp³-hybridized carbons (Fsp3) is 0.391. The van der Waals surface area contributed by atoms with Crippen molar-refractivity contribution >= 4 is 11.8 Å². The monoisotopic (exact) mass is 487 g/mol. The Morgan fingerprint density at radius 2 is 1.53 bits per heavy atom. The van der Waals surface area contributed by atoms with E-state index in [4.69, 9.17) is 11.5 Å². The summed E-state index contributed by atoms with van der Waals surface area (Å²) in [6.07, 6.45) is -9.41. The lowest BCUT2D eigenvalue weighted by molar-refractivity contribution is -0.143. The van der Waals surface area contributed by atoms with Crippen molar-refractivity contribution in [3.05, 3.63) is 70.8 Å². The van der Waals surface area contributed by atoms with Crippen LogP contribution in [0.1, 0.15) is 39.9 Å². The van der Waals surface area contributed by atoms with Gasteiger partial charge in [-0.1, -0.05) is 30.3 Å². The molecule has 1 aliphatic heterocycles. The molecule has 11 heteroatoms. The molecule has 1 heterocycles. The molecule has 4 N–H and O–H groups in total. The normalized spacial score (nSPS) is 20.1. The summed E-state index contributed by atoms with van der Waals surface area (Å²) in [7, 11) is 0. The van der Waals surface area contributed by atoms with Crippen LogP contribution in [0.25, 0.3) is 0 Å². The van der Waals surface area contributed by atoms with Crippen molar-refractivity contribution in [1.82, 2.24) is 4.90 Å². The van der Waals surface area contributed by atoms with Gasteiger partial charge in [-0.2, -0.15) is 26.3 Å². The molecule has 1 saturated heterocycles. The van der Waals surface area contributed by atoms with Crippen molar-refractivity contribution in [1.29, 1.82) is 0 Å². The standard InChI is InChI=1S/C23H23F6N3O2/c24-22(25,26)16-9-15(10-17(12-16)23(27,28)29)21(34)32-7-6-14(19(30)20(31)33)11-18(32)8-13-4-2-1-3-5-13/h1-5,9-10,12,14,18-19H,6-8,11,30H2,(H2,31,33). The number of nitrogens with two attached hydrogens (primary N) is 2. The van der Waals surface area contributed by atoms with Crippen LogP contribution in [0.5, 0.6) is 0 Å². The van der Waals surface area contributed by atoms with Gasteiger partial charge in [0.25, 0.3) is 5.91 Å². The number of benzene rings is 2. The molecule has 2 amide bonds. The van der Waals surface area contributed by atoms with Crippen molar-refractivity contribution < 1.29 is 35.9 Å². The van der Waals surface area contributed by atoms with Crippen LogP contribution in [0, 0.1) is 5.92 Å². The highest BCUT2D eigenvalue weighted by Crippen LogP contribution is 2.37. The van der Waals surface area contributed by atoms with Crippen LogP contribution in [0.2, 0.25) is 0 Å². The molecular weight excluding hydrogens is 464 g/mol. The molecule has 0 aromatic heterocycles. The summed E-state index contributed by atoms with van der Waals surface area (Å²) in [5, 5.41) is 0. The molecule has 1 fully saturated rings. The van der Waals surface area contributed by atoms with Gasteiger partial charge in [0.1, 0.15) is 0 Å². The lowest BCUT2D eigenvalue weighted by Gasteiger charge is -2.41. The van der Waals surface area contributed by atoms with E-state index < -0.39 is 52.9 Å². The molecule has 3 unspecified atom stereocenters. The molecule has 34 heavy (non-hydrogen) atoms. The number of carbonyl (C=O) groups excluding carboxylic acids is 2. The first kappa shape index (κ1) is 25.5. The average molecular weight is 487 g/mol. The van der Waals surface area contributed by atoms with E-state index in [-0.39, 0.29) is 37.8 Å². The van der Waals surface area contributed by atoms with E-state index in [2.05, 4.69) is 0 Å². The molecule has 0 saturated carbocycles. The van der Waals surface area contributed by atoms with Gasteiger partial charge in [0.2, 0.25) is 5.91 Å². The quantitative estimate of drug-likeness (QED) is 0.625. The molecule has 3 atom stereocenters. The number of primary amides is 1. The highest BCUT2D eigenvalue weighted by atomic mass is 19.4. The highest BCUT2D eigenvalue weighted by molar-refractivity contribution is 5.95. The summed E-state index contributed by atoms with van der Waals surface area (Å²) < 4.78 is 79.6. The number of piperidine rings is 1. The molecule has 0 spiro atoms. The van der Waals surface area contributed by atoms with Crippen molar-refractivity contribution in [3.8, 4) is 0 Å². The first-order valence-electron chi connectivity index (χ1n) is 10.5. The van der Waals surface area contributed by atoms with Gasteiger partial charge < -0.3 is 16.4 Å². The zero-order chi connectivity index (χ0) is 25.3. The first-order chi connectivity index (χ1) is 15.8. The molecule has 0 bridgehead atoms. The van der Waals surface area contributed by atoms with Crippen LogP contribution >= 0.6 is 0 Å². The molecule has 5 nitrogen and oxygen atoms in total.